The van der Waals surface area contributed by atoms with Gasteiger partial charge in [0.2, 0.25) is 0 Å². The maximum Gasteiger partial charge on any atom is 0.254 e. The van der Waals surface area contributed by atoms with Crippen molar-refractivity contribution in [1.29, 1.82) is 0 Å². The van der Waals surface area contributed by atoms with Gasteiger partial charge in [-0.3, -0.25) is 4.79 Å². The third-order valence-electron chi connectivity index (χ3n) is 2.33. The molecule has 2 rings (SSSR count). The molecule has 0 fully saturated rings. The maximum absolute atomic E-state index is 11.6. The minimum atomic E-state index is -0.263. The van der Waals surface area contributed by atoms with Crippen LogP contribution in [0.4, 0.5) is 5.69 Å². The molecule has 1 aromatic carbocycles. The molecule has 0 spiro atoms. The first-order valence-electron chi connectivity index (χ1n) is 5.04. The van der Waals surface area contributed by atoms with Crippen LogP contribution >= 0.6 is 0 Å². The van der Waals surface area contributed by atoms with Gasteiger partial charge in [-0.25, -0.2) is 0 Å². The third-order valence-corrected chi connectivity index (χ3v) is 2.33. The average molecular weight is 232 g/mol. The highest BCUT2D eigenvalue weighted by atomic mass is 16.3. The van der Waals surface area contributed by atoms with Crippen molar-refractivity contribution in [3.8, 4) is 5.75 Å². The van der Waals surface area contributed by atoms with E-state index in [0.717, 1.165) is 0 Å². The summed E-state index contributed by atoms with van der Waals surface area (Å²) in [7, 11) is 0. The standard InChI is InChI=1S/C12H12N2O3/c13-10-1-2-11(15)9(5-10)6-14-12(16)8-3-4-17-7-8/h1-5,7,15H,6,13H2,(H,14,16). The summed E-state index contributed by atoms with van der Waals surface area (Å²) in [6, 6.07) is 6.27. The predicted molar refractivity (Wildman–Crippen MR) is 62.4 cm³/mol. The number of phenols is 1. The molecule has 0 aliphatic heterocycles. The van der Waals surface area contributed by atoms with Crippen molar-refractivity contribution >= 4 is 11.6 Å². The monoisotopic (exact) mass is 232 g/mol. The number of hydrogen-bond acceptors (Lipinski definition) is 4. The lowest BCUT2D eigenvalue weighted by Crippen LogP contribution is -2.22. The van der Waals surface area contributed by atoms with Gasteiger partial charge in [-0.15, -0.1) is 0 Å². The number of rotatable bonds is 3. The average Bonchev–Trinajstić information content (AvgIpc) is 2.83. The highest BCUT2D eigenvalue weighted by molar-refractivity contribution is 5.93. The van der Waals surface area contributed by atoms with Crippen LogP contribution in [0.5, 0.6) is 5.75 Å². The molecule has 0 aliphatic rings. The van der Waals surface area contributed by atoms with Gasteiger partial charge in [-0.05, 0) is 24.3 Å². The van der Waals surface area contributed by atoms with Crippen LogP contribution in [0.1, 0.15) is 15.9 Å². The summed E-state index contributed by atoms with van der Waals surface area (Å²) in [6.07, 6.45) is 2.78. The maximum atomic E-state index is 11.6. The van der Waals surface area contributed by atoms with Crippen molar-refractivity contribution in [1.82, 2.24) is 5.32 Å². The first-order chi connectivity index (χ1) is 8.16. The van der Waals surface area contributed by atoms with Crippen molar-refractivity contribution in [2.75, 3.05) is 5.73 Å². The number of hydrogen-bond donors (Lipinski definition) is 3. The second-order valence-electron chi connectivity index (χ2n) is 3.58. The van der Waals surface area contributed by atoms with Crippen LogP contribution in [0.15, 0.2) is 41.2 Å². The van der Waals surface area contributed by atoms with Crippen molar-refractivity contribution in [2.24, 2.45) is 0 Å². The molecule has 1 heterocycles. The van der Waals surface area contributed by atoms with E-state index in [1.165, 1.54) is 18.6 Å². The summed E-state index contributed by atoms with van der Waals surface area (Å²) in [5.74, 6) is -0.160. The molecule has 0 saturated heterocycles. The Hall–Kier alpha value is -2.43. The van der Waals surface area contributed by atoms with E-state index >= 15 is 0 Å². The summed E-state index contributed by atoms with van der Waals surface area (Å²) in [5.41, 5.74) is 7.14. The van der Waals surface area contributed by atoms with Gasteiger partial charge in [-0.1, -0.05) is 0 Å². The Balaban J connectivity index is 2.03. The van der Waals surface area contributed by atoms with Crippen LogP contribution in [-0.2, 0) is 6.54 Å². The number of benzene rings is 1. The van der Waals surface area contributed by atoms with E-state index in [0.29, 0.717) is 16.8 Å². The third kappa shape index (κ3) is 2.57. The molecular formula is C12H12N2O3. The number of amides is 1. The van der Waals surface area contributed by atoms with Crippen molar-refractivity contribution in [2.45, 2.75) is 6.54 Å². The molecule has 1 aromatic heterocycles. The van der Waals surface area contributed by atoms with E-state index in [9.17, 15) is 9.90 Å². The lowest BCUT2D eigenvalue weighted by atomic mass is 10.1. The van der Waals surface area contributed by atoms with Gasteiger partial charge in [-0.2, -0.15) is 0 Å². The molecule has 0 bridgehead atoms. The van der Waals surface area contributed by atoms with Gasteiger partial charge in [0.25, 0.3) is 5.91 Å². The number of carbonyl (C=O) groups excluding carboxylic acids is 1. The van der Waals surface area contributed by atoms with Gasteiger partial charge in [0.15, 0.2) is 0 Å². The van der Waals surface area contributed by atoms with Gasteiger partial charge in [0.05, 0.1) is 11.8 Å². The number of nitrogens with two attached hydrogens (primary N) is 1. The number of anilines is 1. The molecule has 88 valence electrons. The van der Waals surface area contributed by atoms with Crippen molar-refractivity contribution < 1.29 is 14.3 Å². The number of nitrogen functional groups attached to an aromatic ring is 1. The Morgan fingerprint density at radius 2 is 2.24 bits per heavy atom. The fourth-order valence-electron chi connectivity index (χ4n) is 1.42. The molecule has 2 aromatic rings. The summed E-state index contributed by atoms with van der Waals surface area (Å²) < 4.78 is 4.80. The SMILES string of the molecule is Nc1ccc(O)c(CNC(=O)c2ccoc2)c1. The molecule has 5 nitrogen and oxygen atoms in total. The van der Waals surface area contributed by atoms with E-state index in [1.807, 2.05) is 0 Å². The minimum absolute atomic E-state index is 0.103. The van der Waals surface area contributed by atoms with E-state index in [1.54, 1.807) is 18.2 Å². The van der Waals surface area contributed by atoms with E-state index in [4.69, 9.17) is 10.2 Å². The summed E-state index contributed by atoms with van der Waals surface area (Å²) in [5, 5.41) is 12.2. The highest BCUT2D eigenvalue weighted by Gasteiger charge is 2.08. The summed E-state index contributed by atoms with van der Waals surface area (Å²) in [6.45, 7) is 0.209. The lowest BCUT2D eigenvalue weighted by molar-refractivity contribution is 0.0950. The van der Waals surface area contributed by atoms with Crippen LogP contribution in [0.3, 0.4) is 0 Å². The molecule has 0 unspecified atom stereocenters. The Labute approximate surface area is 97.9 Å². The first-order valence-corrected chi connectivity index (χ1v) is 5.04. The Morgan fingerprint density at radius 1 is 1.41 bits per heavy atom. The topological polar surface area (TPSA) is 88.5 Å². The number of furan rings is 1. The molecule has 17 heavy (non-hydrogen) atoms. The summed E-state index contributed by atoms with van der Waals surface area (Å²) in [4.78, 5) is 11.6. The number of carbonyl (C=O) groups is 1. The second kappa shape index (κ2) is 4.61. The smallest absolute Gasteiger partial charge is 0.254 e. The van der Waals surface area contributed by atoms with Crippen LogP contribution in [0.2, 0.25) is 0 Å². The molecule has 1 amide bonds. The van der Waals surface area contributed by atoms with E-state index in [-0.39, 0.29) is 18.2 Å². The lowest BCUT2D eigenvalue weighted by Gasteiger charge is -2.06. The normalized spacial score (nSPS) is 10.1. The molecule has 0 atom stereocenters. The fourth-order valence-corrected chi connectivity index (χ4v) is 1.42. The summed E-state index contributed by atoms with van der Waals surface area (Å²) >= 11 is 0. The van der Waals surface area contributed by atoms with Gasteiger partial charge in [0.1, 0.15) is 12.0 Å². The van der Waals surface area contributed by atoms with Crippen LogP contribution in [-0.4, -0.2) is 11.0 Å². The Bertz CT molecular complexity index is 521. The zero-order chi connectivity index (χ0) is 12.3. The highest BCUT2D eigenvalue weighted by Crippen LogP contribution is 2.19. The predicted octanol–water partition coefficient (Wildman–Crippen LogP) is 1.50. The van der Waals surface area contributed by atoms with Crippen molar-refractivity contribution in [3.05, 3.63) is 47.9 Å². The zero-order valence-electron chi connectivity index (χ0n) is 9.01. The van der Waals surface area contributed by atoms with E-state index < -0.39 is 0 Å². The first kappa shape index (κ1) is 11.1. The zero-order valence-corrected chi connectivity index (χ0v) is 9.01. The van der Waals surface area contributed by atoms with Crippen LogP contribution < -0.4 is 11.1 Å². The van der Waals surface area contributed by atoms with Gasteiger partial charge >= 0.3 is 0 Å². The Morgan fingerprint density at radius 3 is 2.94 bits per heavy atom. The Kier molecular flexibility index (Phi) is 3.00. The largest absolute Gasteiger partial charge is 0.508 e. The van der Waals surface area contributed by atoms with Crippen LogP contribution in [0.25, 0.3) is 0 Å². The molecule has 4 N–H and O–H groups in total. The number of phenolic OH excluding ortho intramolecular Hbond substituents is 1. The van der Waals surface area contributed by atoms with Crippen molar-refractivity contribution in [3.63, 3.8) is 0 Å². The molecular weight excluding hydrogens is 220 g/mol. The molecule has 0 aliphatic carbocycles. The quantitative estimate of drug-likeness (QED) is 0.552. The molecule has 0 saturated carbocycles. The second-order valence-corrected chi connectivity index (χ2v) is 3.58. The van der Waals surface area contributed by atoms with Gasteiger partial charge in [0, 0.05) is 17.8 Å². The van der Waals surface area contributed by atoms with Gasteiger partial charge < -0.3 is 20.6 Å². The molecule has 5 heteroatoms. The van der Waals surface area contributed by atoms with Crippen LogP contribution in [0, 0.1) is 0 Å². The fraction of sp³-hybridized carbons (Fsp3) is 0.0833. The number of nitrogens with one attached hydrogen (secondary N) is 1. The molecule has 0 radical (unpaired) electrons. The van der Waals surface area contributed by atoms with E-state index in [2.05, 4.69) is 5.32 Å². The number of aromatic hydroxyl groups is 1. The minimum Gasteiger partial charge on any atom is -0.508 e.